The summed E-state index contributed by atoms with van der Waals surface area (Å²) >= 11 is 0. The van der Waals surface area contributed by atoms with Crippen LogP contribution in [-0.2, 0) is 9.59 Å². The van der Waals surface area contributed by atoms with Crippen molar-refractivity contribution < 1.29 is 19.8 Å². The van der Waals surface area contributed by atoms with Crippen LogP contribution in [-0.4, -0.2) is 35.2 Å². The van der Waals surface area contributed by atoms with Crippen LogP contribution in [0.25, 0.3) is 16.8 Å². The lowest BCUT2D eigenvalue weighted by molar-refractivity contribution is -0.140. The highest BCUT2D eigenvalue weighted by Crippen LogP contribution is 2.24. The number of fused-ring (bicyclic) bond motifs is 1. The molecule has 0 amide bonds. The molecule has 0 saturated heterocycles. The summed E-state index contributed by atoms with van der Waals surface area (Å²) in [5.74, 6) is -2.90. The average molecular weight is 313 g/mol. The molecule has 120 valence electrons. The van der Waals surface area contributed by atoms with Gasteiger partial charge in [0.05, 0.1) is 0 Å². The summed E-state index contributed by atoms with van der Waals surface area (Å²) in [6.45, 7) is 6.04. The van der Waals surface area contributed by atoms with Gasteiger partial charge in [0, 0.05) is 18.8 Å². The molecule has 2 aromatic carbocycles. The van der Waals surface area contributed by atoms with Crippen LogP contribution in [0, 0.1) is 0 Å². The zero-order valence-corrected chi connectivity index (χ0v) is 13.1. The van der Waals surface area contributed by atoms with E-state index in [0.29, 0.717) is 5.56 Å². The second-order valence-electron chi connectivity index (χ2n) is 5.13. The van der Waals surface area contributed by atoms with E-state index in [1.54, 1.807) is 12.1 Å². The number of anilines is 1. The standard InChI is InChI=1S/C18H19NO4/c1-3-19(4-2)15-8-7-13-9-12(5-6-14(13)11-15)10-16(17(20)21)18(22)23/h5-11H,3-4H2,1-2H3,(H,20,21)(H,22,23). The molecule has 0 bridgehead atoms. The zero-order valence-electron chi connectivity index (χ0n) is 13.1. The Morgan fingerprint density at radius 1 is 0.957 bits per heavy atom. The maximum atomic E-state index is 10.9. The molecule has 0 fully saturated rings. The Hall–Kier alpha value is -2.82. The summed E-state index contributed by atoms with van der Waals surface area (Å²) in [4.78, 5) is 24.1. The zero-order chi connectivity index (χ0) is 17.0. The SMILES string of the molecule is CCN(CC)c1ccc2cc(C=C(C(=O)O)C(=O)O)ccc2c1. The van der Waals surface area contributed by atoms with E-state index < -0.39 is 17.5 Å². The number of aliphatic carboxylic acids is 2. The van der Waals surface area contributed by atoms with Gasteiger partial charge in [-0.2, -0.15) is 0 Å². The van der Waals surface area contributed by atoms with Crippen molar-refractivity contribution in [3.05, 3.63) is 47.5 Å². The predicted octanol–water partition coefficient (Wildman–Crippen LogP) is 3.24. The van der Waals surface area contributed by atoms with Crippen molar-refractivity contribution in [1.82, 2.24) is 0 Å². The monoisotopic (exact) mass is 313 g/mol. The Morgan fingerprint density at radius 3 is 2.09 bits per heavy atom. The maximum absolute atomic E-state index is 10.9. The fourth-order valence-corrected chi connectivity index (χ4v) is 2.51. The molecule has 0 aliphatic carbocycles. The third kappa shape index (κ3) is 3.69. The second kappa shape index (κ2) is 6.96. The number of carboxylic acids is 2. The van der Waals surface area contributed by atoms with Crippen LogP contribution < -0.4 is 4.90 Å². The first-order valence-corrected chi connectivity index (χ1v) is 7.43. The number of hydrogen-bond acceptors (Lipinski definition) is 3. The molecule has 0 heterocycles. The van der Waals surface area contributed by atoms with E-state index in [-0.39, 0.29) is 0 Å². The van der Waals surface area contributed by atoms with Gasteiger partial charge in [0.2, 0.25) is 0 Å². The van der Waals surface area contributed by atoms with Crippen LogP contribution in [0.15, 0.2) is 42.0 Å². The number of nitrogens with zero attached hydrogens (tertiary/aromatic N) is 1. The Labute approximate surface area is 134 Å². The summed E-state index contributed by atoms with van der Waals surface area (Å²) in [6.07, 6.45) is 1.17. The Bertz CT molecular complexity index is 760. The molecule has 5 heteroatoms. The van der Waals surface area contributed by atoms with Gasteiger partial charge in [0.25, 0.3) is 0 Å². The minimum absolute atomic E-state index is 0.549. The fraction of sp³-hybridized carbons (Fsp3) is 0.222. The lowest BCUT2D eigenvalue weighted by atomic mass is 10.0. The number of carbonyl (C=O) groups is 2. The predicted molar refractivity (Wildman–Crippen MR) is 90.8 cm³/mol. The normalized spacial score (nSPS) is 10.3. The van der Waals surface area contributed by atoms with Gasteiger partial charge in [-0.1, -0.05) is 18.2 Å². The second-order valence-corrected chi connectivity index (χ2v) is 5.13. The van der Waals surface area contributed by atoms with E-state index in [0.717, 1.165) is 29.5 Å². The van der Waals surface area contributed by atoms with E-state index in [9.17, 15) is 9.59 Å². The van der Waals surface area contributed by atoms with Gasteiger partial charge in [-0.3, -0.25) is 0 Å². The fourth-order valence-electron chi connectivity index (χ4n) is 2.51. The Kier molecular flexibility index (Phi) is 5.01. The van der Waals surface area contributed by atoms with Crippen molar-refractivity contribution >= 4 is 34.5 Å². The molecule has 0 aliphatic rings. The van der Waals surface area contributed by atoms with Gasteiger partial charge in [-0.25, -0.2) is 9.59 Å². The molecule has 0 aromatic heterocycles. The molecular weight excluding hydrogens is 294 g/mol. The largest absolute Gasteiger partial charge is 0.477 e. The van der Waals surface area contributed by atoms with Gasteiger partial charge < -0.3 is 15.1 Å². The minimum atomic E-state index is -1.45. The third-order valence-electron chi connectivity index (χ3n) is 3.75. The van der Waals surface area contributed by atoms with Gasteiger partial charge in [0.1, 0.15) is 5.57 Å². The van der Waals surface area contributed by atoms with E-state index in [4.69, 9.17) is 10.2 Å². The highest BCUT2D eigenvalue weighted by atomic mass is 16.4. The van der Waals surface area contributed by atoms with Crippen molar-refractivity contribution in [2.24, 2.45) is 0 Å². The van der Waals surface area contributed by atoms with Gasteiger partial charge >= 0.3 is 11.9 Å². The molecule has 0 atom stereocenters. The molecule has 2 rings (SSSR count). The summed E-state index contributed by atoms with van der Waals surface area (Å²) in [5.41, 5.74) is 1.03. The summed E-state index contributed by atoms with van der Waals surface area (Å²) in [6, 6.07) is 11.4. The Balaban J connectivity index is 2.44. The van der Waals surface area contributed by atoms with E-state index >= 15 is 0 Å². The molecule has 23 heavy (non-hydrogen) atoms. The molecule has 0 saturated carbocycles. The lowest BCUT2D eigenvalue weighted by Crippen LogP contribution is -2.21. The molecule has 0 spiro atoms. The van der Waals surface area contributed by atoms with Gasteiger partial charge in [0.15, 0.2) is 0 Å². The summed E-state index contributed by atoms with van der Waals surface area (Å²) < 4.78 is 0. The van der Waals surface area contributed by atoms with Crippen LogP contribution in [0.1, 0.15) is 19.4 Å². The van der Waals surface area contributed by atoms with Gasteiger partial charge in [-0.05, 0) is 54.5 Å². The molecule has 2 N–H and O–H groups in total. The number of rotatable bonds is 6. The first-order valence-electron chi connectivity index (χ1n) is 7.43. The van der Waals surface area contributed by atoms with Crippen LogP contribution in [0.5, 0.6) is 0 Å². The molecule has 5 nitrogen and oxygen atoms in total. The van der Waals surface area contributed by atoms with Crippen molar-refractivity contribution in [2.75, 3.05) is 18.0 Å². The highest BCUT2D eigenvalue weighted by molar-refractivity contribution is 6.16. The van der Waals surface area contributed by atoms with Crippen molar-refractivity contribution in [1.29, 1.82) is 0 Å². The quantitative estimate of drug-likeness (QED) is 0.486. The highest BCUT2D eigenvalue weighted by Gasteiger charge is 2.15. The topological polar surface area (TPSA) is 77.8 Å². The number of carboxylic acid groups (broad SMARTS) is 2. The minimum Gasteiger partial charge on any atom is -0.477 e. The van der Waals surface area contributed by atoms with E-state index in [2.05, 4.69) is 24.8 Å². The van der Waals surface area contributed by atoms with Crippen molar-refractivity contribution in [3.63, 3.8) is 0 Å². The van der Waals surface area contributed by atoms with Crippen molar-refractivity contribution in [3.8, 4) is 0 Å². The van der Waals surface area contributed by atoms with Gasteiger partial charge in [-0.15, -0.1) is 0 Å². The number of benzene rings is 2. The summed E-state index contributed by atoms with van der Waals surface area (Å²) in [7, 11) is 0. The average Bonchev–Trinajstić information content (AvgIpc) is 2.53. The van der Waals surface area contributed by atoms with Crippen LogP contribution in [0.3, 0.4) is 0 Å². The lowest BCUT2D eigenvalue weighted by Gasteiger charge is -2.21. The van der Waals surface area contributed by atoms with Crippen LogP contribution >= 0.6 is 0 Å². The van der Waals surface area contributed by atoms with Crippen LogP contribution in [0.2, 0.25) is 0 Å². The van der Waals surface area contributed by atoms with Crippen LogP contribution in [0.4, 0.5) is 5.69 Å². The summed E-state index contributed by atoms with van der Waals surface area (Å²) in [5, 5.41) is 19.8. The van der Waals surface area contributed by atoms with E-state index in [1.807, 2.05) is 18.2 Å². The number of hydrogen-bond donors (Lipinski definition) is 2. The first-order chi connectivity index (χ1) is 11.0. The molecule has 0 aliphatic heterocycles. The molecule has 2 aromatic rings. The molecule has 0 radical (unpaired) electrons. The molecule has 0 unspecified atom stereocenters. The van der Waals surface area contributed by atoms with Crippen molar-refractivity contribution in [2.45, 2.75) is 13.8 Å². The Morgan fingerprint density at radius 2 is 1.52 bits per heavy atom. The third-order valence-corrected chi connectivity index (χ3v) is 3.75. The maximum Gasteiger partial charge on any atom is 0.343 e. The molecular formula is C18H19NO4. The first kappa shape index (κ1) is 16.5. The van der Waals surface area contributed by atoms with E-state index in [1.165, 1.54) is 6.08 Å². The smallest absolute Gasteiger partial charge is 0.343 e.